The molecule has 2 rings (SSSR count). The van der Waals surface area contributed by atoms with Crippen molar-refractivity contribution in [3.8, 4) is 5.75 Å². The SMILES string of the molecule is NC(=S)COc1cccc(NC(=O)c2cccc(F)c2)c1. The molecule has 2 aromatic carbocycles. The number of carbonyl (C=O) groups excluding carboxylic acids is 1. The van der Waals surface area contributed by atoms with Gasteiger partial charge in [-0.25, -0.2) is 4.39 Å². The van der Waals surface area contributed by atoms with Gasteiger partial charge in [-0.3, -0.25) is 4.79 Å². The monoisotopic (exact) mass is 304 g/mol. The standard InChI is InChI=1S/C15H13FN2O2S/c16-11-4-1-3-10(7-11)15(19)18-12-5-2-6-13(8-12)20-9-14(17)21/h1-8H,9H2,(H2,17,21)(H,18,19). The van der Waals surface area contributed by atoms with E-state index in [-0.39, 0.29) is 17.2 Å². The number of anilines is 1. The van der Waals surface area contributed by atoms with E-state index in [2.05, 4.69) is 5.32 Å². The van der Waals surface area contributed by atoms with Gasteiger partial charge in [-0.1, -0.05) is 24.4 Å². The summed E-state index contributed by atoms with van der Waals surface area (Å²) in [4.78, 5) is 12.2. The van der Waals surface area contributed by atoms with E-state index in [9.17, 15) is 9.18 Å². The maximum atomic E-state index is 13.1. The molecule has 3 N–H and O–H groups in total. The molecule has 0 unspecified atom stereocenters. The first kappa shape index (κ1) is 14.9. The van der Waals surface area contributed by atoms with Crippen LogP contribution in [0.1, 0.15) is 10.4 Å². The van der Waals surface area contributed by atoms with Gasteiger partial charge in [0.2, 0.25) is 0 Å². The lowest BCUT2D eigenvalue weighted by molar-refractivity contribution is 0.102. The molecule has 0 aromatic heterocycles. The van der Waals surface area contributed by atoms with Crippen molar-refractivity contribution >= 4 is 28.8 Å². The first-order valence-corrected chi connectivity index (χ1v) is 6.53. The molecular weight excluding hydrogens is 291 g/mol. The Morgan fingerprint density at radius 3 is 2.71 bits per heavy atom. The predicted octanol–water partition coefficient (Wildman–Crippen LogP) is 2.74. The number of halogens is 1. The number of amides is 1. The van der Waals surface area contributed by atoms with E-state index in [1.54, 1.807) is 24.3 Å². The Morgan fingerprint density at radius 1 is 1.24 bits per heavy atom. The summed E-state index contributed by atoms with van der Waals surface area (Å²) in [6.07, 6.45) is 0. The Hall–Kier alpha value is -2.47. The van der Waals surface area contributed by atoms with Crippen LogP contribution in [0.25, 0.3) is 0 Å². The summed E-state index contributed by atoms with van der Waals surface area (Å²) in [7, 11) is 0. The van der Waals surface area contributed by atoms with E-state index in [1.807, 2.05) is 0 Å². The van der Waals surface area contributed by atoms with Crippen molar-refractivity contribution in [2.45, 2.75) is 0 Å². The van der Waals surface area contributed by atoms with Gasteiger partial charge in [-0.05, 0) is 30.3 Å². The van der Waals surface area contributed by atoms with Crippen LogP contribution >= 0.6 is 12.2 Å². The first-order chi connectivity index (χ1) is 10.0. The van der Waals surface area contributed by atoms with Crippen LogP contribution < -0.4 is 15.8 Å². The van der Waals surface area contributed by atoms with Crippen LogP contribution in [-0.2, 0) is 0 Å². The Bertz CT molecular complexity index is 676. The Kier molecular flexibility index (Phi) is 4.84. The molecule has 0 saturated heterocycles. The molecule has 0 spiro atoms. The largest absolute Gasteiger partial charge is 0.486 e. The van der Waals surface area contributed by atoms with Crippen LogP contribution in [0, 0.1) is 5.82 Å². The zero-order chi connectivity index (χ0) is 15.2. The highest BCUT2D eigenvalue weighted by atomic mass is 32.1. The third-order valence-electron chi connectivity index (χ3n) is 2.56. The van der Waals surface area contributed by atoms with Crippen molar-refractivity contribution in [3.05, 3.63) is 59.9 Å². The molecular formula is C15H13FN2O2S. The van der Waals surface area contributed by atoms with Crippen LogP contribution in [0.2, 0.25) is 0 Å². The smallest absolute Gasteiger partial charge is 0.255 e. The zero-order valence-electron chi connectivity index (χ0n) is 11.0. The molecule has 2 aromatic rings. The molecule has 0 saturated carbocycles. The Morgan fingerprint density at radius 2 is 2.00 bits per heavy atom. The maximum Gasteiger partial charge on any atom is 0.255 e. The van der Waals surface area contributed by atoms with Crippen molar-refractivity contribution in [1.82, 2.24) is 0 Å². The van der Waals surface area contributed by atoms with Crippen LogP contribution in [0.15, 0.2) is 48.5 Å². The predicted molar refractivity (Wildman–Crippen MR) is 83.1 cm³/mol. The third kappa shape index (κ3) is 4.54. The molecule has 0 aliphatic rings. The number of hydrogen-bond acceptors (Lipinski definition) is 3. The molecule has 0 aliphatic carbocycles. The quantitative estimate of drug-likeness (QED) is 0.834. The average Bonchev–Trinajstić information content (AvgIpc) is 2.45. The lowest BCUT2D eigenvalue weighted by Crippen LogP contribution is -2.18. The van der Waals surface area contributed by atoms with Crippen LogP contribution in [0.5, 0.6) is 5.75 Å². The van der Waals surface area contributed by atoms with E-state index in [1.165, 1.54) is 24.3 Å². The second-order valence-corrected chi connectivity index (χ2v) is 4.77. The lowest BCUT2D eigenvalue weighted by atomic mass is 10.2. The fourth-order valence-electron chi connectivity index (χ4n) is 1.65. The van der Waals surface area contributed by atoms with Gasteiger partial charge in [0.25, 0.3) is 5.91 Å². The molecule has 21 heavy (non-hydrogen) atoms. The molecule has 6 heteroatoms. The summed E-state index contributed by atoms with van der Waals surface area (Å²) in [5, 5.41) is 2.66. The number of hydrogen-bond donors (Lipinski definition) is 2. The fourth-order valence-corrected chi connectivity index (χ4v) is 1.71. The minimum absolute atomic E-state index is 0.122. The number of nitrogens with one attached hydrogen (secondary N) is 1. The van der Waals surface area contributed by atoms with E-state index in [0.717, 1.165) is 0 Å². The number of rotatable bonds is 5. The second kappa shape index (κ2) is 6.81. The average molecular weight is 304 g/mol. The third-order valence-corrected chi connectivity index (χ3v) is 2.68. The summed E-state index contributed by atoms with van der Waals surface area (Å²) in [6.45, 7) is 0.122. The molecule has 108 valence electrons. The second-order valence-electron chi connectivity index (χ2n) is 4.25. The van der Waals surface area contributed by atoms with Gasteiger partial charge < -0.3 is 15.8 Å². The number of benzene rings is 2. The van der Waals surface area contributed by atoms with Crippen molar-refractivity contribution in [1.29, 1.82) is 0 Å². The van der Waals surface area contributed by atoms with Crippen LogP contribution in [0.3, 0.4) is 0 Å². The summed E-state index contributed by atoms with van der Waals surface area (Å²) in [6, 6.07) is 12.2. The van der Waals surface area contributed by atoms with Gasteiger partial charge in [0.05, 0.1) is 0 Å². The number of thiocarbonyl (C=S) groups is 1. The van der Waals surface area contributed by atoms with Crippen molar-refractivity contribution < 1.29 is 13.9 Å². The minimum atomic E-state index is -0.462. The van der Waals surface area contributed by atoms with E-state index < -0.39 is 11.7 Å². The number of ether oxygens (including phenoxy) is 1. The van der Waals surface area contributed by atoms with Gasteiger partial charge in [0.1, 0.15) is 23.2 Å². The van der Waals surface area contributed by atoms with E-state index in [4.69, 9.17) is 22.7 Å². The van der Waals surface area contributed by atoms with Crippen LogP contribution in [0.4, 0.5) is 10.1 Å². The lowest BCUT2D eigenvalue weighted by Gasteiger charge is -2.08. The highest BCUT2D eigenvalue weighted by molar-refractivity contribution is 7.80. The Labute approximate surface area is 126 Å². The summed E-state index contributed by atoms with van der Waals surface area (Å²) >= 11 is 4.72. The van der Waals surface area contributed by atoms with Crippen molar-refractivity contribution in [2.75, 3.05) is 11.9 Å². The fraction of sp³-hybridized carbons (Fsp3) is 0.0667. The van der Waals surface area contributed by atoms with Crippen molar-refractivity contribution in [3.63, 3.8) is 0 Å². The molecule has 0 fully saturated rings. The van der Waals surface area contributed by atoms with E-state index >= 15 is 0 Å². The molecule has 0 heterocycles. The minimum Gasteiger partial charge on any atom is -0.486 e. The summed E-state index contributed by atoms with van der Waals surface area (Å²) < 4.78 is 18.4. The van der Waals surface area contributed by atoms with Gasteiger partial charge >= 0.3 is 0 Å². The zero-order valence-corrected chi connectivity index (χ0v) is 11.8. The molecule has 0 aliphatic heterocycles. The summed E-state index contributed by atoms with van der Waals surface area (Å²) in [5.74, 6) is -0.336. The highest BCUT2D eigenvalue weighted by Crippen LogP contribution is 2.18. The topological polar surface area (TPSA) is 64.3 Å². The number of carbonyl (C=O) groups is 1. The number of nitrogens with two attached hydrogens (primary N) is 1. The van der Waals surface area contributed by atoms with Gasteiger partial charge in [0.15, 0.2) is 0 Å². The molecule has 1 amide bonds. The molecule has 0 radical (unpaired) electrons. The van der Waals surface area contributed by atoms with Crippen LogP contribution in [-0.4, -0.2) is 17.5 Å². The highest BCUT2D eigenvalue weighted by Gasteiger charge is 2.07. The normalized spacial score (nSPS) is 9.95. The molecule has 0 bridgehead atoms. The van der Waals surface area contributed by atoms with Gasteiger partial charge in [-0.2, -0.15) is 0 Å². The summed E-state index contributed by atoms with van der Waals surface area (Å²) in [5.41, 5.74) is 6.12. The van der Waals surface area contributed by atoms with Gasteiger partial charge in [0, 0.05) is 17.3 Å². The Balaban J connectivity index is 2.07. The van der Waals surface area contributed by atoms with E-state index in [0.29, 0.717) is 11.4 Å². The van der Waals surface area contributed by atoms with Crippen molar-refractivity contribution in [2.24, 2.45) is 5.73 Å². The molecule has 4 nitrogen and oxygen atoms in total. The van der Waals surface area contributed by atoms with Gasteiger partial charge in [-0.15, -0.1) is 0 Å². The molecule has 0 atom stereocenters. The maximum absolute atomic E-state index is 13.1. The first-order valence-electron chi connectivity index (χ1n) is 6.12.